The summed E-state index contributed by atoms with van der Waals surface area (Å²) in [6.07, 6.45) is 4.42. The molecule has 0 radical (unpaired) electrons. The fraction of sp³-hybridized carbons (Fsp3) is 0.333. The molecule has 3 aromatic rings. The Morgan fingerprint density at radius 3 is 2.36 bits per heavy atom. The molecule has 1 aliphatic carbocycles. The number of sulfonamides is 1. The van der Waals surface area contributed by atoms with E-state index < -0.39 is 28.4 Å². The lowest BCUT2D eigenvalue weighted by molar-refractivity contribution is -0.114. The summed E-state index contributed by atoms with van der Waals surface area (Å²) in [4.78, 5) is 27.2. The maximum Gasteiger partial charge on any atom is 0.341 e. The van der Waals surface area contributed by atoms with E-state index in [1.165, 1.54) is 23.5 Å². The van der Waals surface area contributed by atoms with Crippen molar-refractivity contribution in [2.24, 2.45) is 0 Å². The van der Waals surface area contributed by atoms with Crippen LogP contribution in [0.3, 0.4) is 0 Å². The maximum atomic E-state index is 13.6. The largest absolute Gasteiger partial charge is 0.462 e. The van der Waals surface area contributed by atoms with Gasteiger partial charge in [0.25, 0.3) is 10.0 Å². The minimum Gasteiger partial charge on any atom is -0.462 e. The molecule has 9 heteroatoms. The van der Waals surface area contributed by atoms with E-state index in [0.717, 1.165) is 52.4 Å². The minimum atomic E-state index is -4.01. The lowest BCUT2D eigenvalue weighted by Gasteiger charge is -2.24. The van der Waals surface area contributed by atoms with Crippen molar-refractivity contribution in [1.29, 1.82) is 0 Å². The number of carbonyl (C=O) groups is 2. The molecular formula is C27H30N2O5S2. The highest BCUT2D eigenvalue weighted by atomic mass is 32.2. The van der Waals surface area contributed by atoms with E-state index in [2.05, 4.69) is 5.32 Å². The van der Waals surface area contributed by atoms with Crippen LogP contribution in [0.15, 0.2) is 59.5 Å². The number of hydrogen-bond donors (Lipinski definition) is 1. The molecule has 0 saturated carbocycles. The molecule has 0 fully saturated rings. The first-order chi connectivity index (χ1) is 17.3. The molecule has 36 heavy (non-hydrogen) atoms. The van der Waals surface area contributed by atoms with Gasteiger partial charge in [0.15, 0.2) is 0 Å². The minimum absolute atomic E-state index is 0.0937. The molecule has 1 aliphatic rings. The third-order valence-corrected chi connectivity index (χ3v) is 9.15. The molecule has 0 spiro atoms. The first kappa shape index (κ1) is 25.9. The number of esters is 1. The molecule has 0 aliphatic heterocycles. The molecule has 4 rings (SSSR count). The third-order valence-electron chi connectivity index (χ3n) is 6.15. The fourth-order valence-electron chi connectivity index (χ4n) is 4.30. The summed E-state index contributed by atoms with van der Waals surface area (Å²) in [5.41, 5.74) is 2.78. The van der Waals surface area contributed by atoms with Gasteiger partial charge in [-0.15, -0.1) is 11.3 Å². The van der Waals surface area contributed by atoms with Gasteiger partial charge >= 0.3 is 5.97 Å². The number of aryl methyl sites for hydroxylation is 2. The summed E-state index contributed by atoms with van der Waals surface area (Å²) >= 11 is 1.38. The summed E-state index contributed by atoms with van der Waals surface area (Å²) in [6, 6.07) is 15.2. The summed E-state index contributed by atoms with van der Waals surface area (Å²) < 4.78 is 33.5. The van der Waals surface area contributed by atoms with Crippen LogP contribution in [0.4, 0.5) is 10.7 Å². The van der Waals surface area contributed by atoms with Crippen LogP contribution < -0.4 is 9.62 Å². The second-order valence-electron chi connectivity index (χ2n) is 8.53. The van der Waals surface area contributed by atoms with Gasteiger partial charge in [-0.25, -0.2) is 13.2 Å². The number of nitrogens with one attached hydrogen (secondary N) is 1. The molecule has 2 aromatic carbocycles. The van der Waals surface area contributed by atoms with Crippen molar-refractivity contribution >= 4 is 43.9 Å². The van der Waals surface area contributed by atoms with Gasteiger partial charge in [-0.2, -0.15) is 0 Å². The van der Waals surface area contributed by atoms with Gasteiger partial charge in [0, 0.05) is 4.88 Å². The van der Waals surface area contributed by atoms with Crippen LogP contribution in [0.2, 0.25) is 0 Å². The second-order valence-corrected chi connectivity index (χ2v) is 11.5. The van der Waals surface area contributed by atoms with Crippen molar-refractivity contribution in [3.63, 3.8) is 0 Å². The van der Waals surface area contributed by atoms with Crippen LogP contribution in [-0.2, 0) is 38.8 Å². The van der Waals surface area contributed by atoms with Gasteiger partial charge < -0.3 is 10.1 Å². The van der Waals surface area contributed by atoms with E-state index in [4.69, 9.17) is 4.74 Å². The standard InChI is InChI=1S/C27H30N2O5S2/c1-3-19-14-16-20(17-15-19)29(36(32,33)21-10-6-5-7-11-21)18-24(30)28-26-25(27(31)34-4-2)22-12-8-9-13-23(22)35-26/h5-7,10-11,14-17H,3-4,8-9,12-13,18H2,1-2H3,(H,28,30). The van der Waals surface area contributed by atoms with E-state index in [1.807, 2.05) is 19.1 Å². The zero-order chi connectivity index (χ0) is 25.7. The maximum absolute atomic E-state index is 13.6. The summed E-state index contributed by atoms with van der Waals surface area (Å²) in [7, 11) is -4.01. The van der Waals surface area contributed by atoms with Crippen molar-refractivity contribution in [2.45, 2.75) is 50.8 Å². The van der Waals surface area contributed by atoms with Gasteiger partial charge in [-0.1, -0.05) is 37.3 Å². The highest BCUT2D eigenvalue weighted by Crippen LogP contribution is 2.38. The molecule has 1 heterocycles. The van der Waals surface area contributed by atoms with Gasteiger partial charge in [-0.05, 0) is 74.4 Å². The monoisotopic (exact) mass is 526 g/mol. The predicted octanol–water partition coefficient (Wildman–Crippen LogP) is 5.20. The summed E-state index contributed by atoms with van der Waals surface area (Å²) in [5.74, 6) is -0.991. The molecule has 1 N–H and O–H groups in total. The zero-order valence-electron chi connectivity index (χ0n) is 20.5. The van der Waals surface area contributed by atoms with Crippen LogP contribution >= 0.6 is 11.3 Å². The lowest BCUT2D eigenvalue weighted by atomic mass is 9.95. The van der Waals surface area contributed by atoms with E-state index in [-0.39, 0.29) is 11.5 Å². The van der Waals surface area contributed by atoms with Crippen LogP contribution in [0, 0.1) is 0 Å². The topological polar surface area (TPSA) is 92.8 Å². The molecule has 1 amide bonds. The van der Waals surface area contributed by atoms with E-state index >= 15 is 0 Å². The molecule has 7 nitrogen and oxygen atoms in total. The van der Waals surface area contributed by atoms with Gasteiger partial charge in [-0.3, -0.25) is 9.10 Å². The Labute approximate surface area is 216 Å². The smallest absolute Gasteiger partial charge is 0.341 e. The van der Waals surface area contributed by atoms with Crippen LogP contribution in [0.1, 0.15) is 53.1 Å². The van der Waals surface area contributed by atoms with Crippen molar-refractivity contribution in [3.05, 3.63) is 76.2 Å². The Kier molecular flexibility index (Phi) is 8.11. The number of amides is 1. The average Bonchev–Trinajstić information content (AvgIpc) is 3.25. The Hall–Kier alpha value is -3.17. The van der Waals surface area contributed by atoms with Crippen LogP contribution in [0.5, 0.6) is 0 Å². The third kappa shape index (κ3) is 5.47. The quantitative estimate of drug-likeness (QED) is 0.387. The fourth-order valence-corrected chi connectivity index (χ4v) is 7.04. The summed E-state index contributed by atoms with van der Waals surface area (Å²) in [6.45, 7) is 3.55. The van der Waals surface area contributed by atoms with Crippen LogP contribution in [0.25, 0.3) is 0 Å². The predicted molar refractivity (Wildman–Crippen MR) is 142 cm³/mol. The molecule has 0 unspecified atom stereocenters. The van der Waals surface area contributed by atoms with E-state index in [1.54, 1.807) is 37.3 Å². The summed E-state index contributed by atoms with van der Waals surface area (Å²) in [5, 5.41) is 3.25. The number of thiophene rings is 1. The number of benzene rings is 2. The Morgan fingerprint density at radius 1 is 1.00 bits per heavy atom. The number of anilines is 2. The highest BCUT2D eigenvalue weighted by molar-refractivity contribution is 7.92. The average molecular weight is 527 g/mol. The van der Waals surface area contributed by atoms with Crippen molar-refractivity contribution in [3.8, 4) is 0 Å². The number of fused-ring (bicyclic) bond motifs is 1. The van der Waals surface area contributed by atoms with E-state index in [0.29, 0.717) is 16.3 Å². The molecule has 190 valence electrons. The van der Waals surface area contributed by atoms with Crippen molar-refractivity contribution < 1.29 is 22.7 Å². The van der Waals surface area contributed by atoms with Crippen molar-refractivity contribution in [1.82, 2.24) is 0 Å². The van der Waals surface area contributed by atoms with Gasteiger partial charge in [0.2, 0.25) is 5.91 Å². The molecule has 0 saturated heterocycles. The van der Waals surface area contributed by atoms with Crippen LogP contribution in [-0.4, -0.2) is 33.4 Å². The number of rotatable bonds is 9. The second kappa shape index (κ2) is 11.3. The number of nitrogens with zero attached hydrogens (tertiary/aromatic N) is 1. The number of hydrogen-bond acceptors (Lipinski definition) is 6. The Bertz CT molecular complexity index is 1330. The van der Waals surface area contributed by atoms with Gasteiger partial charge in [0.05, 0.1) is 22.8 Å². The SMILES string of the molecule is CCOC(=O)c1c(NC(=O)CN(c2ccc(CC)cc2)S(=O)(=O)c2ccccc2)sc2c1CCCC2. The molecule has 0 atom stereocenters. The first-order valence-electron chi connectivity index (χ1n) is 12.1. The molecule has 0 bridgehead atoms. The Morgan fingerprint density at radius 2 is 1.69 bits per heavy atom. The Balaban J connectivity index is 1.66. The lowest BCUT2D eigenvalue weighted by Crippen LogP contribution is -2.38. The van der Waals surface area contributed by atoms with E-state index in [9.17, 15) is 18.0 Å². The zero-order valence-corrected chi connectivity index (χ0v) is 22.1. The molecular weight excluding hydrogens is 496 g/mol. The number of carbonyl (C=O) groups excluding carboxylic acids is 2. The first-order valence-corrected chi connectivity index (χ1v) is 14.4. The normalized spacial score (nSPS) is 13.1. The number of ether oxygens (including phenoxy) is 1. The van der Waals surface area contributed by atoms with Crippen molar-refractivity contribution in [2.75, 3.05) is 22.8 Å². The van der Waals surface area contributed by atoms with Gasteiger partial charge in [0.1, 0.15) is 11.5 Å². The molecule has 1 aromatic heterocycles. The highest BCUT2D eigenvalue weighted by Gasteiger charge is 2.30.